The van der Waals surface area contributed by atoms with E-state index in [1.54, 1.807) is 0 Å². The molecule has 22 heavy (non-hydrogen) atoms. The van der Waals surface area contributed by atoms with Crippen LogP contribution in [-0.2, 0) is 0 Å². The minimum absolute atomic E-state index is 0.963. The summed E-state index contributed by atoms with van der Waals surface area (Å²) in [6.45, 7) is 5.45. The number of pyridine rings is 1. The summed E-state index contributed by atoms with van der Waals surface area (Å²) in [5, 5.41) is 5.85. The number of nitrogens with one attached hydrogen (secondary N) is 2. The fourth-order valence-electron chi connectivity index (χ4n) is 3.15. The Kier molecular flexibility index (Phi) is 3.62. The molecule has 1 fully saturated rings. The smallest absolute Gasteiger partial charge is 0.138 e. The maximum Gasteiger partial charge on any atom is 0.138 e. The van der Waals surface area contributed by atoms with Gasteiger partial charge in [0.05, 0.1) is 0 Å². The van der Waals surface area contributed by atoms with Crippen molar-refractivity contribution in [3.05, 3.63) is 48.2 Å². The van der Waals surface area contributed by atoms with Crippen molar-refractivity contribution in [2.45, 2.75) is 0 Å². The van der Waals surface area contributed by atoms with E-state index in [0.29, 0.717) is 0 Å². The topological polar surface area (TPSA) is 44.0 Å². The number of benzene rings is 1. The van der Waals surface area contributed by atoms with E-state index < -0.39 is 0 Å². The second kappa shape index (κ2) is 5.91. The van der Waals surface area contributed by atoms with Crippen molar-refractivity contribution >= 4 is 28.0 Å². The molecule has 2 N–H and O–H groups in total. The first-order chi connectivity index (χ1) is 10.9. The summed E-state index contributed by atoms with van der Waals surface area (Å²) >= 11 is 0. The van der Waals surface area contributed by atoms with Gasteiger partial charge in [-0.15, -0.1) is 0 Å². The van der Waals surface area contributed by atoms with Crippen molar-refractivity contribution < 1.29 is 0 Å². The quantitative estimate of drug-likeness (QED) is 0.780. The molecule has 1 aromatic carbocycles. The number of fused-ring (bicyclic) bond motifs is 3. The number of para-hydroxylation sites is 1. The molecule has 0 unspecified atom stereocenters. The van der Waals surface area contributed by atoms with E-state index in [1.165, 1.54) is 16.3 Å². The monoisotopic (exact) mass is 292 g/mol. The number of aromatic nitrogens is 2. The predicted molar refractivity (Wildman–Crippen MR) is 91.9 cm³/mol. The SMILES string of the molecule is C(=C/c1ccnc2[nH]c3ccccc3c12)/CN1CCNCC1. The Hall–Kier alpha value is -2.17. The Bertz CT molecular complexity index is 812. The first-order valence-electron chi connectivity index (χ1n) is 7.87. The van der Waals surface area contributed by atoms with Crippen LogP contribution < -0.4 is 5.32 Å². The van der Waals surface area contributed by atoms with Gasteiger partial charge in [0, 0.05) is 55.2 Å². The van der Waals surface area contributed by atoms with E-state index in [9.17, 15) is 0 Å². The normalized spacial score (nSPS) is 16.9. The molecule has 1 saturated heterocycles. The maximum absolute atomic E-state index is 4.47. The molecule has 0 aliphatic carbocycles. The molecular weight excluding hydrogens is 272 g/mol. The third-order valence-corrected chi connectivity index (χ3v) is 4.30. The zero-order valence-electron chi connectivity index (χ0n) is 12.5. The summed E-state index contributed by atoms with van der Waals surface area (Å²) in [6.07, 6.45) is 6.37. The highest BCUT2D eigenvalue weighted by Crippen LogP contribution is 2.27. The van der Waals surface area contributed by atoms with Gasteiger partial charge in [-0.05, 0) is 17.7 Å². The van der Waals surface area contributed by atoms with Gasteiger partial charge in [0.2, 0.25) is 0 Å². The van der Waals surface area contributed by atoms with E-state index in [4.69, 9.17) is 0 Å². The predicted octanol–water partition coefficient (Wildman–Crippen LogP) is 2.63. The lowest BCUT2D eigenvalue weighted by molar-refractivity contribution is 0.265. The Morgan fingerprint density at radius 2 is 2.00 bits per heavy atom. The van der Waals surface area contributed by atoms with Crippen molar-refractivity contribution in [3.8, 4) is 0 Å². The van der Waals surface area contributed by atoms with Crippen LogP contribution in [0.2, 0.25) is 0 Å². The lowest BCUT2D eigenvalue weighted by Gasteiger charge is -2.25. The molecule has 4 heteroatoms. The number of H-pyrrole nitrogens is 1. The molecule has 0 amide bonds. The average Bonchev–Trinajstić information content (AvgIpc) is 2.95. The lowest BCUT2D eigenvalue weighted by atomic mass is 10.1. The van der Waals surface area contributed by atoms with E-state index >= 15 is 0 Å². The van der Waals surface area contributed by atoms with Gasteiger partial charge >= 0.3 is 0 Å². The first kappa shape index (κ1) is 13.5. The molecule has 2 aromatic heterocycles. The van der Waals surface area contributed by atoms with Gasteiger partial charge in [0.15, 0.2) is 0 Å². The molecular formula is C18H20N4. The van der Waals surface area contributed by atoms with E-state index in [1.807, 2.05) is 6.20 Å². The van der Waals surface area contributed by atoms with Crippen LogP contribution in [-0.4, -0.2) is 47.6 Å². The second-order valence-corrected chi connectivity index (χ2v) is 5.75. The summed E-state index contributed by atoms with van der Waals surface area (Å²) in [7, 11) is 0. The van der Waals surface area contributed by atoms with Gasteiger partial charge in [-0.1, -0.05) is 30.4 Å². The third kappa shape index (κ3) is 2.51. The number of hydrogen-bond donors (Lipinski definition) is 2. The van der Waals surface area contributed by atoms with Crippen molar-refractivity contribution in [3.63, 3.8) is 0 Å². The Morgan fingerprint density at radius 3 is 2.91 bits per heavy atom. The molecule has 0 radical (unpaired) electrons. The molecule has 1 aliphatic rings. The van der Waals surface area contributed by atoms with Crippen LogP contribution in [0.4, 0.5) is 0 Å². The first-order valence-corrected chi connectivity index (χ1v) is 7.87. The van der Waals surface area contributed by atoms with Gasteiger partial charge in [0.1, 0.15) is 5.65 Å². The Balaban J connectivity index is 1.66. The Labute approximate surface area is 129 Å². The molecule has 112 valence electrons. The number of nitrogens with zero attached hydrogens (tertiary/aromatic N) is 2. The zero-order chi connectivity index (χ0) is 14.8. The highest BCUT2D eigenvalue weighted by molar-refractivity contribution is 6.09. The maximum atomic E-state index is 4.47. The van der Waals surface area contributed by atoms with E-state index in [0.717, 1.165) is 43.9 Å². The van der Waals surface area contributed by atoms with Crippen LogP contribution in [0.3, 0.4) is 0 Å². The molecule has 0 atom stereocenters. The van der Waals surface area contributed by atoms with Gasteiger partial charge in [-0.2, -0.15) is 0 Å². The van der Waals surface area contributed by atoms with Crippen molar-refractivity contribution in [2.24, 2.45) is 0 Å². The van der Waals surface area contributed by atoms with Crippen LogP contribution in [0.1, 0.15) is 5.56 Å². The van der Waals surface area contributed by atoms with Gasteiger partial charge < -0.3 is 10.3 Å². The van der Waals surface area contributed by atoms with Crippen molar-refractivity contribution in [1.82, 2.24) is 20.2 Å². The molecule has 0 bridgehead atoms. The van der Waals surface area contributed by atoms with Crippen LogP contribution in [0.5, 0.6) is 0 Å². The number of aromatic amines is 1. The lowest BCUT2D eigenvalue weighted by Crippen LogP contribution is -2.43. The van der Waals surface area contributed by atoms with Gasteiger partial charge in [0.25, 0.3) is 0 Å². The molecule has 3 aromatic rings. The van der Waals surface area contributed by atoms with Crippen LogP contribution in [0.15, 0.2) is 42.6 Å². The number of rotatable bonds is 3. The fraction of sp³-hybridized carbons (Fsp3) is 0.278. The molecule has 3 heterocycles. The van der Waals surface area contributed by atoms with Gasteiger partial charge in [-0.25, -0.2) is 4.98 Å². The van der Waals surface area contributed by atoms with Crippen molar-refractivity contribution in [1.29, 1.82) is 0 Å². The van der Waals surface area contributed by atoms with E-state index in [2.05, 4.69) is 62.7 Å². The summed E-state index contributed by atoms with van der Waals surface area (Å²) in [6, 6.07) is 10.5. The highest BCUT2D eigenvalue weighted by atomic mass is 15.2. The average molecular weight is 292 g/mol. The van der Waals surface area contributed by atoms with Crippen molar-refractivity contribution in [2.75, 3.05) is 32.7 Å². The summed E-state index contributed by atoms with van der Waals surface area (Å²) < 4.78 is 0. The van der Waals surface area contributed by atoms with Crippen LogP contribution >= 0.6 is 0 Å². The molecule has 4 rings (SSSR count). The number of piperazine rings is 1. The standard InChI is InChI=1S/C18H20N4/c1-2-6-16-15(5-1)17-14(7-8-20-18(17)21-16)4-3-11-22-12-9-19-10-13-22/h1-8,19H,9-13H2,(H,20,21)/b4-3-. The minimum atomic E-state index is 0.963. The second-order valence-electron chi connectivity index (χ2n) is 5.75. The third-order valence-electron chi connectivity index (χ3n) is 4.30. The molecule has 0 spiro atoms. The molecule has 0 saturated carbocycles. The van der Waals surface area contributed by atoms with Crippen LogP contribution in [0, 0.1) is 0 Å². The minimum Gasteiger partial charge on any atom is -0.339 e. The highest BCUT2D eigenvalue weighted by Gasteiger charge is 2.09. The molecule has 4 nitrogen and oxygen atoms in total. The summed E-state index contributed by atoms with van der Waals surface area (Å²) in [5.74, 6) is 0. The van der Waals surface area contributed by atoms with E-state index in [-0.39, 0.29) is 0 Å². The zero-order valence-corrected chi connectivity index (χ0v) is 12.5. The summed E-state index contributed by atoms with van der Waals surface area (Å²) in [4.78, 5) is 10.3. The van der Waals surface area contributed by atoms with Gasteiger partial charge in [-0.3, -0.25) is 4.90 Å². The molecule has 1 aliphatic heterocycles. The largest absolute Gasteiger partial charge is 0.339 e. The summed E-state index contributed by atoms with van der Waals surface area (Å²) in [5.41, 5.74) is 3.34. The number of hydrogen-bond acceptors (Lipinski definition) is 3. The van der Waals surface area contributed by atoms with Crippen LogP contribution in [0.25, 0.3) is 28.0 Å². The Morgan fingerprint density at radius 1 is 1.14 bits per heavy atom. The fourth-order valence-corrected chi connectivity index (χ4v) is 3.15.